The molecule has 4 saturated carbocycles. The number of tetrazole rings is 1. The summed E-state index contributed by atoms with van der Waals surface area (Å²) in [5, 5.41) is 13.2. The fraction of sp³-hybridized carbons (Fsp3) is 0.680. The van der Waals surface area contributed by atoms with Crippen LogP contribution in [0.25, 0.3) is 0 Å². The summed E-state index contributed by atoms with van der Waals surface area (Å²) < 4.78 is 0. The standard InChI is InChI=1S/C25H34N6O/c1-17-4-5-18(2)22(10-17)29-6-8-30(9-7-29)23(32)24-12-20-11-21(13-24)15-25(14-20,16-24)31-27-19(3)26-28-31/h4-5,10,20-21H,6-9,11-16H2,1-3H3/t20-,21+,24?,25?. The summed E-state index contributed by atoms with van der Waals surface area (Å²) in [7, 11) is 0. The summed E-state index contributed by atoms with van der Waals surface area (Å²) in [6, 6.07) is 6.66. The van der Waals surface area contributed by atoms with Crippen molar-refractivity contribution in [3.63, 3.8) is 0 Å². The minimum Gasteiger partial charge on any atom is -0.368 e. The van der Waals surface area contributed by atoms with Gasteiger partial charge in [-0.25, -0.2) is 0 Å². The number of nitrogens with zero attached hydrogens (tertiary/aromatic N) is 6. The second-order valence-corrected chi connectivity index (χ2v) is 11.2. The molecule has 32 heavy (non-hydrogen) atoms. The van der Waals surface area contributed by atoms with Gasteiger partial charge in [-0.15, -0.1) is 10.2 Å². The Morgan fingerprint density at radius 3 is 2.38 bits per heavy atom. The highest BCUT2D eigenvalue weighted by molar-refractivity contribution is 5.84. The van der Waals surface area contributed by atoms with Crippen molar-refractivity contribution >= 4 is 11.6 Å². The van der Waals surface area contributed by atoms with E-state index in [4.69, 9.17) is 0 Å². The summed E-state index contributed by atoms with van der Waals surface area (Å²) >= 11 is 0. The number of carbonyl (C=O) groups excluding carboxylic acids is 1. The van der Waals surface area contributed by atoms with E-state index in [1.54, 1.807) is 0 Å². The van der Waals surface area contributed by atoms with Crippen molar-refractivity contribution in [2.24, 2.45) is 17.3 Å². The van der Waals surface area contributed by atoms with Crippen LogP contribution in [0.1, 0.15) is 55.5 Å². The van der Waals surface area contributed by atoms with Crippen LogP contribution in [0.5, 0.6) is 0 Å². The number of piperazine rings is 1. The molecule has 2 unspecified atom stereocenters. The van der Waals surface area contributed by atoms with Gasteiger partial charge in [-0.3, -0.25) is 4.79 Å². The minimum atomic E-state index is -0.229. The van der Waals surface area contributed by atoms with Crippen LogP contribution < -0.4 is 4.90 Å². The van der Waals surface area contributed by atoms with Crippen molar-refractivity contribution in [2.75, 3.05) is 31.1 Å². The van der Waals surface area contributed by atoms with E-state index in [9.17, 15) is 4.79 Å². The van der Waals surface area contributed by atoms with Gasteiger partial charge in [-0.1, -0.05) is 12.1 Å². The molecule has 0 spiro atoms. The van der Waals surface area contributed by atoms with Gasteiger partial charge in [-0.05, 0) is 93.5 Å². The Kier molecular flexibility index (Phi) is 4.43. The number of carbonyl (C=O) groups is 1. The minimum absolute atomic E-state index is 0.110. The summed E-state index contributed by atoms with van der Waals surface area (Å²) in [6.07, 6.45) is 6.47. The third kappa shape index (κ3) is 3.07. The number of amides is 1. The third-order valence-electron chi connectivity index (χ3n) is 8.69. The first-order chi connectivity index (χ1) is 15.4. The topological polar surface area (TPSA) is 67.2 Å². The predicted octanol–water partition coefficient (Wildman–Crippen LogP) is 3.24. The zero-order valence-electron chi connectivity index (χ0n) is 19.5. The van der Waals surface area contributed by atoms with E-state index in [0.717, 1.165) is 64.1 Å². The maximum Gasteiger partial charge on any atom is 0.229 e. The van der Waals surface area contributed by atoms with Gasteiger partial charge >= 0.3 is 0 Å². The second kappa shape index (κ2) is 7.03. The molecular formula is C25H34N6O. The fourth-order valence-electron chi connectivity index (χ4n) is 7.73. The normalized spacial score (nSPS) is 33.7. The quantitative estimate of drug-likeness (QED) is 0.742. The van der Waals surface area contributed by atoms with Crippen LogP contribution in [-0.2, 0) is 10.3 Å². The lowest BCUT2D eigenvalue weighted by molar-refractivity contribution is -0.168. The molecule has 4 bridgehead atoms. The van der Waals surface area contributed by atoms with Crippen molar-refractivity contribution in [3.05, 3.63) is 35.2 Å². The molecule has 1 aromatic carbocycles. The number of anilines is 1. The van der Waals surface area contributed by atoms with Crippen LogP contribution in [-0.4, -0.2) is 57.2 Å². The largest absolute Gasteiger partial charge is 0.368 e. The lowest BCUT2D eigenvalue weighted by Gasteiger charge is -2.61. The number of aryl methyl sites for hydroxylation is 3. The van der Waals surface area contributed by atoms with Gasteiger partial charge in [0, 0.05) is 31.9 Å². The van der Waals surface area contributed by atoms with Crippen LogP contribution >= 0.6 is 0 Å². The Hall–Kier alpha value is -2.44. The van der Waals surface area contributed by atoms with Crippen LogP contribution in [0.2, 0.25) is 0 Å². The zero-order chi connectivity index (χ0) is 22.1. The average Bonchev–Trinajstić information content (AvgIpc) is 3.21. The molecule has 5 fully saturated rings. The monoisotopic (exact) mass is 434 g/mol. The van der Waals surface area contributed by atoms with E-state index in [1.165, 1.54) is 23.2 Å². The third-order valence-corrected chi connectivity index (χ3v) is 8.69. The first-order valence-corrected chi connectivity index (χ1v) is 12.2. The van der Waals surface area contributed by atoms with E-state index in [-0.39, 0.29) is 11.0 Å². The van der Waals surface area contributed by atoms with Crippen molar-refractivity contribution < 1.29 is 4.79 Å². The van der Waals surface area contributed by atoms with E-state index in [2.05, 4.69) is 57.3 Å². The molecule has 5 aliphatic rings. The highest BCUT2D eigenvalue weighted by Crippen LogP contribution is 2.64. The number of hydrogen-bond donors (Lipinski definition) is 0. The summed E-state index contributed by atoms with van der Waals surface area (Å²) in [6.45, 7) is 9.69. The van der Waals surface area contributed by atoms with Crippen molar-refractivity contribution in [1.29, 1.82) is 0 Å². The van der Waals surface area contributed by atoms with E-state index >= 15 is 0 Å². The van der Waals surface area contributed by atoms with Crippen molar-refractivity contribution in [2.45, 2.75) is 64.8 Å². The SMILES string of the molecule is Cc1ccc(C)c(N2CCN(C(=O)C34C[C@H]5C[C@@H](C3)CC(n3nnc(C)n3)(C5)C4)CC2)c1. The van der Waals surface area contributed by atoms with Gasteiger partial charge in [0.15, 0.2) is 5.82 Å². The zero-order valence-corrected chi connectivity index (χ0v) is 19.5. The van der Waals surface area contributed by atoms with Gasteiger partial charge in [-0.2, -0.15) is 4.80 Å². The molecule has 7 heteroatoms. The van der Waals surface area contributed by atoms with E-state index in [0.29, 0.717) is 17.7 Å². The molecule has 7 rings (SSSR count). The summed E-state index contributed by atoms with van der Waals surface area (Å²) in [4.78, 5) is 20.5. The molecule has 4 aliphatic carbocycles. The van der Waals surface area contributed by atoms with Crippen LogP contribution in [0.4, 0.5) is 5.69 Å². The molecule has 0 N–H and O–H groups in total. The Balaban J connectivity index is 1.22. The van der Waals surface area contributed by atoms with Gasteiger partial charge < -0.3 is 9.80 Å². The highest BCUT2D eigenvalue weighted by Gasteiger charge is 2.63. The van der Waals surface area contributed by atoms with Crippen LogP contribution in [0.15, 0.2) is 18.2 Å². The average molecular weight is 435 g/mol. The first kappa shape index (κ1) is 20.2. The number of benzene rings is 1. The summed E-state index contributed by atoms with van der Waals surface area (Å²) in [5.41, 5.74) is 3.58. The highest BCUT2D eigenvalue weighted by atomic mass is 16.2. The first-order valence-electron chi connectivity index (χ1n) is 12.2. The summed E-state index contributed by atoms with van der Waals surface area (Å²) in [5.74, 6) is 2.35. The van der Waals surface area contributed by atoms with Gasteiger partial charge in [0.25, 0.3) is 0 Å². The molecule has 7 nitrogen and oxygen atoms in total. The van der Waals surface area contributed by atoms with Crippen molar-refractivity contribution in [1.82, 2.24) is 25.1 Å². The van der Waals surface area contributed by atoms with Crippen LogP contribution in [0.3, 0.4) is 0 Å². The second-order valence-electron chi connectivity index (χ2n) is 11.2. The van der Waals surface area contributed by atoms with Crippen molar-refractivity contribution in [3.8, 4) is 0 Å². The molecule has 2 heterocycles. The van der Waals surface area contributed by atoms with Gasteiger partial charge in [0.05, 0.1) is 11.0 Å². The Bertz CT molecular complexity index is 1040. The molecule has 4 atom stereocenters. The molecule has 1 aromatic heterocycles. The van der Waals surface area contributed by atoms with Crippen LogP contribution in [0, 0.1) is 38.0 Å². The molecule has 1 aliphatic heterocycles. The van der Waals surface area contributed by atoms with Gasteiger partial charge in [0.1, 0.15) is 0 Å². The Morgan fingerprint density at radius 2 is 1.72 bits per heavy atom. The number of rotatable bonds is 3. The molecule has 170 valence electrons. The lowest BCUT2D eigenvalue weighted by atomic mass is 9.46. The molecule has 1 saturated heterocycles. The fourth-order valence-corrected chi connectivity index (χ4v) is 7.73. The molecule has 0 radical (unpaired) electrons. The smallest absolute Gasteiger partial charge is 0.229 e. The molecular weight excluding hydrogens is 400 g/mol. The van der Waals surface area contributed by atoms with Gasteiger partial charge in [0.2, 0.25) is 5.91 Å². The number of aromatic nitrogens is 4. The lowest BCUT2D eigenvalue weighted by Crippen LogP contribution is -2.63. The molecule has 1 amide bonds. The number of hydrogen-bond acceptors (Lipinski definition) is 5. The Labute approximate surface area is 190 Å². The molecule has 2 aromatic rings. The Morgan fingerprint density at radius 1 is 1.00 bits per heavy atom. The van der Waals surface area contributed by atoms with E-state index in [1.807, 2.05) is 11.7 Å². The predicted molar refractivity (Wildman–Crippen MR) is 122 cm³/mol. The maximum absolute atomic E-state index is 14.0. The maximum atomic E-state index is 14.0. The van der Waals surface area contributed by atoms with E-state index < -0.39 is 0 Å².